The molecule has 1 heterocycles. The van der Waals surface area contributed by atoms with Gasteiger partial charge in [-0.25, -0.2) is 0 Å². The molecule has 2 aromatic rings. The number of benzene rings is 1. The average Bonchev–Trinajstić information content (AvgIpc) is 2.81. The first-order chi connectivity index (χ1) is 9.10. The Morgan fingerprint density at radius 3 is 2.89 bits per heavy atom. The Hall–Kier alpha value is -1.41. The van der Waals surface area contributed by atoms with Gasteiger partial charge in [0.2, 0.25) is 0 Å². The molecule has 1 aliphatic carbocycles. The quantitative estimate of drug-likeness (QED) is 0.881. The van der Waals surface area contributed by atoms with Gasteiger partial charge in [-0.15, -0.1) is 0 Å². The van der Waals surface area contributed by atoms with Crippen LogP contribution in [0.5, 0.6) is 0 Å². The third kappa shape index (κ3) is 2.25. The molecule has 0 amide bonds. The summed E-state index contributed by atoms with van der Waals surface area (Å²) in [6.45, 7) is 4.22. The zero-order valence-corrected chi connectivity index (χ0v) is 11.7. The van der Waals surface area contributed by atoms with Crippen LogP contribution in [0.1, 0.15) is 43.9 Å². The highest BCUT2D eigenvalue weighted by Crippen LogP contribution is 2.43. The van der Waals surface area contributed by atoms with E-state index >= 15 is 0 Å². The molecule has 1 N–H and O–H groups in total. The summed E-state index contributed by atoms with van der Waals surface area (Å²) in [5, 5.41) is 12.0. The third-order valence-corrected chi connectivity index (χ3v) is 4.54. The second-order valence-electron chi connectivity index (χ2n) is 5.91. The molecule has 3 rings (SSSR count). The van der Waals surface area contributed by atoms with Gasteiger partial charge in [0.25, 0.3) is 0 Å². The van der Waals surface area contributed by atoms with Gasteiger partial charge < -0.3 is 5.11 Å². The molecule has 1 aromatic heterocycles. The van der Waals surface area contributed by atoms with Gasteiger partial charge in [0, 0.05) is 11.1 Å². The molecule has 0 radical (unpaired) electrons. The van der Waals surface area contributed by atoms with Crippen LogP contribution in [0.4, 0.5) is 0 Å². The summed E-state index contributed by atoms with van der Waals surface area (Å²) in [6, 6.07) is 10.3. The molecular weight excluding hydrogens is 234 g/mol. The van der Waals surface area contributed by atoms with Crippen LogP contribution in [-0.4, -0.2) is 10.1 Å². The van der Waals surface area contributed by atoms with Crippen LogP contribution in [-0.2, 0) is 5.60 Å². The van der Waals surface area contributed by atoms with Crippen molar-refractivity contribution in [1.29, 1.82) is 0 Å². The van der Waals surface area contributed by atoms with Gasteiger partial charge in [0.1, 0.15) is 0 Å². The molecule has 0 spiro atoms. The molecular formula is C17H21NO. The minimum Gasteiger partial charge on any atom is -0.385 e. The van der Waals surface area contributed by atoms with Crippen molar-refractivity contribution in [2.24, 2.45) is 5.92 Å². The fourth-order valence-corrected chi connectivity index (χ4v) is 3.25. The minimum atomic E-state index is -0.625. The number of aliphatic hydroxyl groups is 1. The van der Waals surface area contributed by atoms with Crippen molar-refractivity contribution < 1.29 is 5.11 Å². The van der Waals surface area contributed by atoms with E-state index in [-0.39, 0.29) is 0 Å². The molecule has 2 unspecified atom stereocenters. The van der Waals surface area contributed by atoms with Gasteiger partial charge in [-0.3, -0.25) is 4.98 Å². The van der Waals surface area contributed by atoms with Gasteiger partial charge in [0.15, 0.2) is 0 Å². The van der Waals surface area contributed by atoms with E-state index in [1.807, 2.05) is 25.1 Å². The number of hydrogen-bond donors (Lipinski definition) is 1. The molecule has 19 heavy (non-hydrogen) atoms. The maximum Gasteiger partial charge on any atom is 0.0899 e. The molecule has 0 saturated heterocycles. The number of aryl methyl sites for hydroxylation is 1. The number of rotatable bonds is 2. The topological polar surface area (TPSA) is 33.1 Å². The van der Waals surface area contributed by atoms with Crippen LogP contribution in [0.3, 0.4) is 0 Å². The second-order valence-corrected chi connectivity index (χ2v) is 5.91. The van der Waals surface area contributed by atoms with Gasteiger partial charge in [-0.1, -0.05) is 25.5 Å². The predicted octanol–water partition coefficient (Wildman–Crippen LogP) is 3.94. The molecule has 2 heteroatoms. The Bertz CT molecular complexity index is 607. The van der Waals surface area contributed by atoms with Gasteiger partial charge in [0.05, 0.1) is 11.1 Å². The van der Waals surface area contributed by atoms with E-state index in [4.69, 9.17) is 0 Å². The maximum absolute atomic E-state index is 10.9. The van der Waals surface area contributed by atoms with E-state index < -0.39 is 5.60 Å². The Labute approximate surface area is 114 Å². The number of pyridine rings is 1. The van der Waals surface area contributed by atoms with Crippen molar-refractivity contribution in [2.75, 3.05) is 0 Å². The summed E-state index contributed by atoms with van der Waals surface area (Å²) >= 11 is 0. The van der Waals surface area contributed by atoms with Crippen LogP contribution in [0, 0.1) is 12.8 Å². The fourth-order valence-electron chi connectivity index (χ4n) is 3.25. The first kappa shape index (κ1) is 12.6. The smallest absolute Gasteiger partial charge is 0.0899 e. The Balaban J connectivity index is 1.99. The standard InChI is InChI=1S/C17H21NO/c1-3-13-8-9-17(19,11-13)15-6-7-16-14(10-15)5-4-12(2)18-16/h4-7,10,13,19H,3,8-9,11H2,1-2H3. The van der Waals surface area contributed by atoms with Crippen LogP contribution in [0.2, 0.25) is 0 Å². The lowest BCUT2D eigenvalue weighted by atomic mass is 9.90. The maximum atomic E-state index is 10.9. The van der Waals surface area contributed by atoms with Crippen molar-refractivity contribution in [3.63, 3.8) is 0 Å². The molecule has 2 atom stereocenters. The predicted molar refractivity (Wildman–Crippen MR) is 78.0 cm³/mol. The minimum absolute atomic E-state index is 0.625. The summed E-state index contributed by atoms with van der Waals surface area (Å²) in [6.07, 6.45) is 4.08. The van der Waals surface area contributed by atoms with Gasteiger partial charge in [-0.2, -0.15) is 0 Å². The SMILES string of the molecule is CCC1CCC(O)(c2ccc3nc(C)ccc3c2)C1. The molecule has 1 saturated carbocycles. The summed E-state index contributed by atoms with van der Waals surface area (Å²) in [5.74, 6) is 0.664. The molecule has 0 aliphatic heterocycles. The van der Waals surface area contributed by atoms with Crippen LogP contribution < -0.4 is 0 Å². The molecule has 100 valence electrons. The van der Waals surface area contributed by atoms with E-state index in [0.29, 0.717) is 5.92 Å². The lowest BCUT2D eigenvalue weighted by molar-refractivity contribution is 0.0399. The van der Waals surface area contributed by atoms with E-state index in [1.165, 1.54) is 0 Å². The fraction of sp³-hybridized carbons (Fsp3) is 0.471. The number of aromatic nitrogens is 1. The highest BCUT2D eigenvalue weighted by Gasteiger charge is 2.37. The van der Waals surface area contributed by atoms with Gasteiger partial charge in [-0.05, 0) is 55.9 Å². The normalized spacial score (nSPS) is 27.0. The van der Waals surface area contributed by atoms with Crippen LogP contribution >= 0.6 is 0 Å². The monoisotopic (exact) mass is 255 g/mol. The van der Waals surface area contributed by atoms with Gasteiger partial charge >= 0.3 is 0 Å². The largest absolute Gasteiger partial charge is 0.385 e. The van der Waals surface area contributed by atoms with E-state index in [0.717, 1.165) is 47.8 Å². The molecule has 1 aliphatic rings. The lowest BCUT2D eigenvalue weighted by Crippen LogP contribution is -2.21. The first-order valence-electron chi connectivity index (χ1n) is 7.21. The van der Waals surface area contributed by atoms with E-state index in [1.54, 1.807) is 0 Å². The van der Waals surface area contributed by atoms with E-state index in [9.17, 15) is 5.11 Å². The third-order valence-electron chi connectivity index (χ3n) is 4.54. The summed E-state index contributed by atoms with van der Waals surface area (Å²) < 4.78 is 0. The lowest BCUT2D eigenvalue weighted by Gasteiger charge is -2.23. The zero-order valence-electron chi connectivity index (χ0n) is 11.7. The average molecular weight is 255 g/mol. The van der Waals surface area contributed by atoms with Crippen molar-refractivity contribution in [3.05, 3.63) is 41.6 Å². The summed E-state index contributed by atoms with van der Waals surface area (Å²) in [7, 11) is 0. The molecule has 2 nitrogen and oxygen atoms in total. The van der Waals surface area contributed by atoms with Crippen molar-refractivity contribution in [2.45, 2.75) is 45.1 Å². The summed E-state index contributed by atoms with van der Waals surface area (Å²) in [5.41, 5.74) is 2.48. The number of nitrogens with zero attached hydrogens (tertiary/aromatic N) is 1. The second kappa shape index (κ2) is 4.61. The summed E-state index contributed by atoms with van der Waals surface area (Å²) in [4.78, 5) is 4.52. The highest BCUT2D eigenvalue weighted by molar-refractivity contribution is 5.79. The molecule has 1 aromatic carbocycles. The zero-order chi connectivity index (χ0) is 13.5. The highest BCUT2D eigenvalue weighted by atomic mass is 16.3. The number of fused-ring (bicyclic) bond motifs is 1. The van der Waals surface area contributed by atoms with Crippen LogP contribution in [0.15, 0.2) is 30.3 Å². The van der Waals surface area contributed by atoms with Crippen molar-refractivity contribution >= 4 is 10.9 Å². The van der Waals surface area contributed by atoms with E-state index in [2.05, 4.69) is 24.0 Å². The van der Waals surface area contributed by atoms with Crippen molar-refractivity contribution in [3.8, 4) is 0 Å². The first-order valence-corrected chi connectivity index (χ1v) is 7.21. The number of hydrogen-bond acceptors (Lipinski definition) is 2. The Morgan fingerprint density at radius 2 is 2.16 bits per heavy atom. The Kier molecular flexibility index (Phi) is 3.06. The van der Waals surface area contributed by atoms with Crippen molar-refractivity contribution in [1.82, 2.24) is 4.98 Å². The van der Waals surface area contributed by atoms with Crippen LogP contribution in [0.25, 0.3) is 10.9 Å². The molecule has 0 bridgehead atoms. The molecule has 1 fully saturated rings. The Morgan fingerprint density at radius 1 is 1.32 bits per heavy atom.